The van der Waals surface area contributed by atoms with E-state index in [2.05, 4.69) is 10.2 Å². The van der Waals surface area contributed by atoms with Crippen LogP contribution in [-0.2, 0) is 9.47 Å². The number of benzene rings is 1. The summed E-state index contributed by atoms with van der Waals surface area (Å²) in [7, 11) is 3.19. The van der Waals surface area contributed by atoms with E-state index in [-0.39, 0.29) is 24.5 Å². The van der Waals surface area contributed by atoms with Crippen LogP contribution in [0.5, 0.6) is 17.2 Å². The van der Waals surface area contributed by atoms with Crippen LogP contribution in [0.15, 0.2) is 6.07 Å². The van der Waals surface area contributed by atoms with Gasteiger partial charge in [0.05, 0.1) is 43.6 Å². The Morgan fingerprint density at radius 2 is 2.06 bits per heavy atom. The Hall–Kier alpha value is -1.78. The minimum atomic E-state index is -0.277. The molecule has 2 heterocycles. The second-order valence-corrected chi connectivity index (χ2v) is 7.87. The average molecular weight is 459 g/mol. The highest BCUT2D eigenvalue weighted by Gasteiger charge is 2.31. The Morgan fingerprint density at radius 1 is 1.29 bits per heavy atom. The molecule has 2 aliphatic heterocycles. The van der Waals surface area contributed by atoms with E-state index in [1.165, 1.54) is 7.11 Å². The van der Waals surface area contributed by atoms with Gasteiger partial charge in [-0.05, 0) is 19.0 Å². The molecule has 1 amide bonds. The van der Waals surface area contributed by atoms with Crippen molar-refractivity contribution < 1.29 is 33.6 Å². The molecule has 0 bridgehead atoms. The third kappa shape index (κ3) is 5.93. The summed E-state index contributed by atoms with van der Waals surface area (Å²) in [5, 5.41) is 12.1. The molecule has 0 spiro atoms. The first kappa shape index (κ1) is 23.9. The lowest BCUT2D eigenvalue weighted by Gasteiger charge is -2.37. The summed E-state index contributed by atoms with van der Waals surface area (Å²) in [5.74, 6) is 0.984. The van der Waals surface area contributed by atoms with Gasteiger partial charge in [-0.2, -0.15) is 0 Å². The number of aliphatic hydroxyl groups excluding tert-OH is 1. The van der Waals surface area contributed by atoms with E-state index in [4.69, 9.17) is 40.4 Å². The highest BCUT2D eigenvalue weighted by atomic mass is 35.5. The van der Waals surface area contributed by atoms with Gasteiger partial charge in [-0.25, -0.2) is 0 Å². The predicted octanol–water partition coefficient (Wildman–Crippen LogP) is 1.20. The van der Waals surface area contributed by atoms with Crippen LogP contribution < -0.4 is 19.5 Å². The summed E-state index contributed by atoms with van der Waals surface area (Å²) < 4.78 is 27.7. The van der Waals surface area contributed by atoms with Gasteiger partial charge < -0.3 is 34.1 Å². The van der Waals surface area contributed by atoms with Crippen molar-refractivity contribution in [1.82, 2.24) is 10.2 Å². The lowest BCUT2D eigenvalue weighted by atomic mass is 9.93. The van der Waals surface area contributed by atoms with E-state index in [1.54, 1.807) is 13.2 Å². The monoisotopic (exact) mass is 458 g/mol. The Kier molecular flexibility index (Phi) is 9.03. The third-order valence-corrected chi connectivity index (χ3v) is 5.85. The second-order valence-electron chi connectivity index (χ2n) is 7.46. The lowest BCUT2D eigenvalue weighted by molar-refractivity contribution is -0.0198. The smallest absolute Gasteiger partial charge is 0.255 e. The average Bonchev–Trinajstić information content (AvgIpc) is 2.80. The lowest BCUT2D eigenvalue weighted by Crippen LogP contribution is -2.49. The topological polar surface area (TPSA) is 98.7 Å². The molecule has 2 N–H and O–H groups in total. The van der Waals surface area contributed by atoms with Crippen LogP contribution in [0.2, 0.25) is 5.02 Å². The standard InChI is InChI=1S/C21H31ClN2O7/c1-27-17-13-24(5-7-29-8-6-25)4-3-14(17)12-23-21(26)15-11-16(22)19(28-2)20-18(15)30-9-10-31-20/h11,14,17,25H,3-10,12-13H2,1-2H3,(H,23,26)/t14-,17?/m0/s1. The zero-order valence-electron chi connectivity index (χ0n) is 18.0. The molecule has 31 heavy (non-hydrogen) atoms. The number of methoxy groups -OCH3 is 2. The number of halogens is 1. The molecule has 1 unspecified atom stereocenters. The van der Waals surface area contributed by atoms with E-state index in [9.17, 15) is 4.79 Å². The Bertz CT molecular complexity index is 749. The van der Waals surface area contributed by atoms with E-state index >= 15 is 0 Å². The largest absolute Gasteiger partial charge is 0.491 e. The van der Waals surface area contributed by atoms with E-state index in [1.807, 2.05) is 0 Å². The normalized spacial score (nSPS) is 21.0. The minimum absolute atomic E-state index is 0.000143. The van der Waals surface area contributed by atoms with Crippen LogP contribution in [0.25, 0.3) is 0 Å². The van der Waals surface area contributed by atoms with Gasteiger partial charge in [0, 0.05) is 32.7 Å². The molecule has 9 nitrogen and oxygen atoms in total. The van der Waals surface area contributed by atoms with Crippen LogP contribution in [0.4, 0.5) is 0 Å². The van der Waals surface area contributed by atoms with Crippen molar-refractivity contribution in [2.45, 2.75) is 12.5 Å². The van der Waals surface area contributed by atoms with E-state index < -0.39 is 0 Å². The molecule has 1 aromatic carbocycles. The predicted molar refractivity (Wildman–Crippen MR) is 115 cm³/mol. The van der Waals surface area contributed by atoms with Crippen LogP contribution in [0.1, 0.15) is 16.8 Å². The van der Waals surface area contributed by atoms with Crippen molar-refractivity contribution >= 4 is 17.5 Å². The molecule has 0 radical (unpaired) electrons. The van der Waals surface area contributed by atoms with Crippen molar-refractivity contribution in [3.05, 3.63) is 16.7 Å². The number of hydrogen-bond donors (Lipinski definition) is 2. The van der Waals surface area contributed by atoms with Gasteiger partial charge in [-0.1, -0.05) is 11.6 Å². The number of carbonyl (C=O) groups is 1. The summed E-state index contributed by atoms with van der Waals surface area (Å²) in [6.45, 7) is 4.59. The number of rotatable bonds is 10. The fourth-order valence-corrected chi connectivity index (χ4v) is 4.20. The molecule has 10 heteroatoms. The van der Waals surface area contributed by atoms with Crippen molar-refractivity contribution in [2.75, 3.05) is 73.4 Å². The van der Waals surface area contributed by atoms with E-state index in [0.717, 1.165) is 26.1 Å². The molecule has 1 saturated heterocycles. The van der Waals surface area contributed by atoms with Crippen molar-refractivity contribution in [3.63, 3.8) is 0 Å². The van der Waals surface area contributed by atoms with Crippen LogP contribution in [0, 0.1) is 5.92 Å². The molecule has 174 valence electrons. The number of hydrogen-bond acceptors (Lipinski definition) is 8. The maximum absolute atomic E-state index is 12.9. The zero-order valence-corrected chi connectivity index (χ0v) is 18.8. The summed E-state index contributed by atoms with van der Waals surface area (Å²) in [4.78, 5) is 15.2. The number of nitrogens with zero attached hydrogens (tertiary/aromatic N) is 1. The molecule has 1 fully saturated rings. The van der Waals surface area contributed by atoms with Crippen LogP contribution >= 0.6 is 11.6 Å². The molecule has 2 aliphatic rings. The Balaban J connectivity index is 1.59. The highest BCUT2D eigenvalue weighted by molar-refractivity contribution is 6.33. The number of carbonyl (C=O) groups excluding carboxylic acids is 1. The first-order valence-electron chi connectivity index (χ1n) is 10.5. The molecule has 0 aromatic heterocycles. The molecular formula is C21H31ClN2O7. The number of fused-ring (bicyclic) bond motifs is 1. The van der Waals surface area contributed by atoms with Crippen LogP contribution in [0.3, 0.4) is 0 Å². The number of ether oxygens (including phenoxy) is 5. The quantitative estimate of drug-likeness (QED) is 0.505. The summed E-state index contributed by atoms with van der Waals surface area (Å²) in [6.07, 6.45) is 0.889. The Morgan fingerprint density at radius 3 is 2.77 bits per heavy atom. The van der Waals surface area contributed by atoms with Gasteiger partial charge in [0.2, 0.25) is 5.75 Å². The second kappa shape index (κ2) is 11.7. The van der Waals surface area contributed by atoms with Gasteiger partial charge in [0.15, 0.2) is 11.5 Å². The highest BCUT2D eigenvalue weighted by Crippen LogP contribution is 2.46. The number of amides is 1. The van der Waals surface area contributed by atoms with Crippen LogP contribution in [-0.4, -0.2) is 95.5 Å². The van der Waals surface area contributed by atoms with Gasteiger partial charge in [0.25, 0.3) is 5.91 Å². The Labute approximate surface area is 187 Å². The SMILES string of the molecule is COc1c(Cl)cc(C(=O)NC[C@@H]2CCN(CCOCCO)CC2OC)c2c1OCCO2. The minimum Gasteiger partial charge on any atom is -0.491 e. The number of likely N-dealkylation sites (tertiary alicyclic amines) is 1. The van der Waals surface area contributed by atoms with Gasteiger partial charge in [-0.15, -0.1) is 0 Å². The number of aliphatic hydroxyl groups is 1. The molecule has 0 saturated carbocycles. The maximum atomic E-state index is 12.9. The molecule has 1 aromatic rings. The van der Waals surface area contributed by atoms with Crippen molar-refractivity contribution in [1.29, 1.82) is 0 Å². The van der Waals surface area contributed by atoms with Gasteiger partial charge in [-0.3, -0.25) is 9.69 Å². The summed E-state index contributed by atoms with van der Waals surface area (Å²) in [5.41, 5.74) is 0.327. The molecule has 3 rings (SSSR count). The fraction of sp³-hybridized carbons (Fsp3) is 0.667. The molecular weight excluding hydrogens is 428 g/mol. The first-order valence-corrected chi connectivity index (χ1v) is 10.8. The summed E-state index contributed by atoms with van der Waals surface area (Å²) >= 11 is 6.29. The number of nitrogens with one attached hydrogen (secondary N) is 1. The molecule has 0 aliphatic carbocycles. The number of piperidine rings is 1. The van der Waals surface area contributed by atoms with Crippen molar-refractivity contribution in [3.8, 4) is 17.2 Å². The van der Waals surface area contributed by atoms with Crippen molar-refractivity contribution in [2.24, 2.45) is 5.92 Å². The summed E-state index contributed by atoms with van der Waals surface area (Å²) in [6, 6.07) is 1.55. The maximum Gasteiger partial charge on any atom is 0.255 e. The third-order valence-electron chi connectivity index (χ3n) is 5.57. The zero-order chi connectivity index (χ0) is 22.2. The first-order chi connectivity index (χ1) is 15.1. The fourth-order valence-electron chi connectivity index (χ4n) is 3.92. The molecule has 2 atom stereocenters. The van der Waals surface area contributed by atoms with Gasteiger partial charge >= 0.3 is 0 Å². The van der Waals surface area contributed by atoms with E-state index in [0.29, 0.717) is 60.8 Å². The van der Waals surface area contributed by atoms with Gasteiger partial charge in [0.1, 0.15) is 13.2 Å².